The highest BCUT2D eigenvalue weighted by Gasteiger charge is 2.24. The van der Waals surface area contributed by atoms with Gasteiger partial charge in [-0.25, -0.2) is 0 Å². The Kier molecular flexibility index (Phi) is 8.77. The Labute approximate surface area is 250 Å². The topological polar surface area (TPSA) is 243 Å². The third-order valence-electron chi connectivity index (χ3n) is 6.09. The van der Waals surface area contributed by atoms with E-state index in [1.165, 1.54) is 19.2 Å². The van der Waals surface area contributed by atoms with Gasteiger partial charge in [-0.05, 0) is 72.5 Å². The number of hydrogen-bond acceptors (Lipinski definition) is 12. The van der Waals surface area contributed by atoms with Crippen molar-refractivity contribution in [3.8, 4) is 11.5 Å². The van der Waals surface area contributed by atoms with Crippen LogP contribution in [0.25, 0.3) is 10.8 Å². The van der Waals surface area contributed by atoms with Gasteiger partial charge < -0.3 is 20.9 Å². The lowest BCUT2D eigenvalue weighted by molar-refractivity contribution is -0.111. The Morgan fingerprint density at radius 3 is 2.11 bits per heavy atom. The molecule has 0 saturated carbocycles. The van der Waals surface area contributed by atoms with Gasteiger partial charge in [0.2, 0.25) is 5.91 Å². The summed E-state index contributed by atoms with van der Waals surface area (Å²) in [5, 5.41) is 29.5. The number of nitrogens with two attached hydrogens (primary N) is 1. The number of phenols is 1. The van der Waals surface area contributed by atoms with Gasteiger partial charge in [0.05, 0.1) is 24.2 Å². The second-order valence-electron chi connectivity index (χ2n) is 9.08. The minimum absolute atomic E-state index is 0.0910. The molecule has 0 bridgehead atoms. The summed E-state index contributed by atoms with van der Waals surface area (Å²) in [6.45, 7) is 5.08. The van der Waals surface area contributed by atoms with Gasteiger partial charge in [0, 0.05) is 17.1 Å². The third kappa shape index (κ3) is 6.87. The van der Waals surface area contributed by atoms with Crippen LogP contribution in [-0.4, -0.2) is 44.1 Å². The highest BCUT2D eigenvalue weighted by Crippen LogP contribution is 2.44. The summed E-state index contributed by atoms with van der Waals surface area (Å²) in [6, 6.07) is 12.2. The Balaban J connectivity index is 1.73. The van der Waals surface area contributed by atoms with Crippen molar-refractivity contribution in [2.24, 2.45) is 20.5 Å². The van der Waals surface area contributed by atoms with E-state index in [-0.39, 0.29) is 28.1 Å². The smallest absolute Gasteiger partial charge is 0.296 e. The van der Waals surface area contributed by atoms with Crippen LogP contribution in [0, 0.1) is 6.92 Å². The van der Waals surface area contributed by atoms with Gasteiger partial charge >= 0.3 is 0 Å². The van der Waals surface area contributed by atoms with Crippen molar-refractivity contribution >= 4 is 71.0 Å². The molecule has 0 fully saturated rings. The van der Waals surface area contributed by atoms with Crippen molar-refractivity contribution < 1.29 is 40.6 Å². The average molecular weight is 641 g/mol. The third-order valence-corrected chi connectivity index (χ3v) is 7.86. The number of methoxy groups -OCH3 is 1. The normalized spacial score (nSPS) is 12.2. The zero-order chi connectivity index (χ0) is 32.4. The summed E-state index contributed by atoms with van der Waals surface area (Å²) < 4.78 is 72.3. The van der Waals surface area contributed by atoms with Gasteiger partial charge in [-0.3, -0.25) is 13.9 Å². The number of rotatable bonds is 9. The van der Waals surface area contributed by atoms with Gasteiger partial charge in [-0.15, -0.1) is 10.2 Å². The zero-order valence-corrected chi connectivity index (χ0v) is 24.6. The fourth-order valence-corrected chi connectivity index (χ4v) is 5.23. The lowest BCUT2D eigenvalue weighted by atomic mass is 10.1. The molecule has 0 aromatic heterocycles. The maximum atomic E-state index is 12.2. The van der Waals surface area contributed by atoms with E-state index in [0.29, 0.717) is 22.6 Å². The number of ether oxygens (including phenoxy) is 1. The maximum absolute atomic E-state index is 12.2. The quantitative estimate of drug-likeness (QED) is 0.0628. The molecule has 0 aliphatic carbocycles. The van der Waals surface area contributed by atoms with Gasteiger partial charge in [-0.1, -0.05) is 6.58 Å². The predicted octanol–water partition coefficient (Wildman–Crippen LogP) is 5.89. The van der Waals surface area contributed by atoms with Crippen LogP contribution in [-0.2, 0) is 25.0 Å². The Morgan fingerprint density at radius 1 is 0.909 bits per heavy atom. The number of azo groups is 2. The minimum Gasteiger partial charge on any atom is -0.505 e. The molecule has 0 saturated heterocycles. The highest BCUT2D eigenvalue weighted by atomic mass is 32.2. The van der Waals surface area contributed by atoms with E-state index in [4.69, 9.17) is 10.5 Å². The van der Waals surface area contributed by atoms with Crippen LogP contribution in [0.4, 0.5) is 34.1 Å². The van der Waals surface area contributed by atoms with E-state index in [2.05, 4.69) is 32.4 Å². The van der Waals surface area contributed by atoms with E-state index in [1.807, 2.05) is 0 Å². The lowest BCUT2D eigenvalue weighted by Crippen LogP contribution is -2.06. The minimum atomic E-state index is -5.03. The number of phenolic OH excluding ortho intramolecular Hbond substituents is 1. The van der Waals surface area contributed by atoms with Crippen molar-refractivity contribution in [3.63, 3.8) is 0 Å². The number of nitrogens with zero attached hydrogens (tertiary/aromatic N) is 4. The van der Waals surface area contributed by atoms with E-state index in [9.17, 15) is 35.8 Å². The van der Waals surface area contributed by atoms with Crippen LogP contribution >= 0.6 is 0 Å². The first-order valence-corrected chi connectivity index (χ1v) is 15.1. The number of carbonyl (C=O) groups excluding carboxylic acids is 1. The molecule has 6 N–H and O–H groups in total. The molecule has 0 unspecified atom stereocenters. The summed E-state index contributed by atoms with van der Waals surface area (Å²) >= 11 is 0. The second-order valence-corrected chi connectivity index (χ2v) is 11.9. The van der Waals surface area contributed by atoms with E-state index < -0.39 is 47.2 Å². The molecule has 44 heavy (non-hydrogen) atoms. The molecule has 4 aromatic carbocycles. The fraction of sp³-hybridized carbons (Fsp3) is 0.0741. The SMILES string of the molecule is C=CC(=O)Nc1ccc(N=Nc2cc(OC)c(N=Nc3c(S(=O)(=O)O)cc4cc(S(=O)(=O)O)c(N)cc4c3O)cc2C)cc1. The summed E-state index contributed by atoms with van der Waals surface area (Å²) in [6.07, 6.45) is 1.14. The number of fused-ring (bicyclic) bond motifs is 1. The van der Waals surface area contributed by atoms with Crippen LogP contribution in [0.15, 0.2) is 97.5 Å². The molecular formula is C27H24N6O9S2. The van der Waals surface area contributed by atoms with Crippen LogP contribution in [0.3, 0.4) is 0 Å². The number of carbonyl (C=O) groups is 1. The summed E-state index contributed by atoms with van der Waals surface area (Å²) in [4.78, 5) is 9.81. The molecule has 0 aliphatic heterocycles. The first-order chi connectivity index (χ1) is 20.6. The molecule has 0 radical (unpaired) electrons. The first kappa shape index (κ1) is 31.7. The van der Waals surface area contributed by atoms with Gasteiger partial charge in [0.15, 0.2) is 5.75 Å². The second kappa shape index (κ2) is 12.2. The highest BCUT2D eigenvalue weighted by molar-refractivity contribution is 7.86. The van der Waals surface area contributed by atoms with Gasteiger partial charge in [0.25, 0.3) is 20.2 Å². The average Bonchev–Trinajstić information content (AvgIpc) is 2.95. The monoisotopic (exact) mass is 640 g/mol. The standard InChI is InChI=1S/C27H24N6O9S2/c1-4-25(34)29-16-5-7-17(8-6-16)30-31-20-13-22(42-3)21(9-14(20)2)32-33-26-24(44(39,40)41)11-15-10-23(43(36,37)38)19(28)12-18(15)27(26)35/h4-13,35H,1,28H2,2-3H3,(H,29,34)(H,36,37,38)(H,39,40,41). The molecule has 0 heterocycles. The predicted molar refractivity (Wildman–Crippen MR) is 161 cm³/mol. The molecule has 4 rings (SSSR count). The first-order valence-electron chi connectivity index (χ1n) is 12.2. The fourth-order valence-electron chi connectivity index (χ4n) is 3.94. The molecular weight excluding hydrogens is 616 g/mol. The molecule has 0 aliphatic rings. The largest absolute Gasteiger partial charge is 0.505 e. The number of amides is 1. The number of aryl methyl sites for hydroxylation is 1. The van der Waals surface area contributed by atoms with Gasteiger partial charge in [0.1, 0.15) is 26.9 Å². The van der Waals surface area contributed by atoms with Crippen molar-refractivity contribution in [2.75, 3.05) is 18.2 Å². The van der Waals surface area contributed by atoms with Crippen molar-refractivity contribution in [3.05, 3.63) is 72.8 Å². The molecule has 4 aromatic rings. The van der Waals surface area contributed by atoms with Crippen LogP contribution in [0.1, 0.15) is 5.56 Å². The van der Waals surface area contributed by atoms with Crippen molar-refractivity contribution in [1.29, 1.82) is 0 Å². The number of aromatic hydroxyl groups is 1. The molecule has 1 amide bonds. The van der Waals surface area contributed by atoms with Crippen molar-refractivity contribution in [2.45, 2.75) is 16.7 Å². The van der Waals surface area contributed by atoms with Crippen LogP contribution in [0.5, 0.6) is 11.5 Å². The molecule has 228 valence electrons. The number of benzene rings is 4. The number of nitrogen functional groups attached to an aromatic ring is 1. The lowest BCUT2D eigenvalue weighted by Gasteiger charge is -2.12. The summed E-state index contributed by atoms with van der Waals surface area (Å²) in [5.41, 5.74) is 6.68. The van der Waals surface area contributed by atoms with E-state index >= 15 is 0 Å². The van der Waals surface area contributed by atoms with E-state index in [1.54, 1.807) is 31.2 Å². The summed E-state index contributed by atoms with van der Waals surface area (Å²) in [5.74, 6) is -1.00. The van der Waals surface area contributed by atoms with Crippen LogP contribution < -0.4 is 15.8 Å². The Morgan fingerprint density at radius 2 is 1.52 bits per heavy atom. The Bertz CT molecular complexity index is 2100. The number of hydrogen-bond donors (Lipinski definition) is 5. The van der Waals surface area contributed by atoms with Crippen LogP contribution in [0.2, 0.25) is 0 Å². The molecule has 0 spiro atoms. The van der Waals surface area contributed by atoms with Crippen molar-refractivity contribution in [1.82, 2.24) is 0 Å². The summed E-state index contributed by atoms with van der Waals surface area (Å²) in [7, 11) is -8.47. The number of anilines is 2. The zero-order valence-electron chi connectivity index (χ0n) is 23.0. The molecule has 0 atom stereocenters. The van der Waals surface area contributed by atoms with E-state index in [0.717, 1.165) is 24.3 Å². The number of nitrogens with one attached hydrogen (secondary N) is 1. The Hall–Kier alpha value is -5.23. The molecule has 17 heteroatoms. The van der Waals surface area contributed by atoms with Gasteiger partial charge in [-0.2, -0.15) is 27.1 Å². The molecule has 15 nitrogen and oxygen atoms in total. The maximum Gasteiger partial charge on any atom is 0.296 e.